The van der Waals surface area contributed by atoms with E-state index in [9.17, 15) is 4.79 Å². The van der Waals surface area contributed by atoms with Crippen LogP contribution in [-0.4, -0.2) is 11.7 Å². The summed E-state index contributed by atoms with van der Waals surface area (Å²) in [5, 5.41) is 3.63. The van der Waals surface area contributed by atoms with Crippen LogP contribution in [0.15, 0.2) is 51.8 Å². The van der Waals surface area contributed by atoms with Gasteiger partial charge < -0.3 is 5.32 Å². The van der Waals surface area contributed by atoms with Gasteiger partial charge in [-0.2, -0.15) is 0 Å². The number of carbonyl (C=O) groups excluding carboxylic acids is 1. The first-order chi connectivity index (χ1) is 10.8. The molecule has 0 unspecified atom stereocenters. The maximum atomic E-state index is 12.1. The van der Waals surface area contributed by atoms with E-state index in [4.69, 9.17) is 11.6 Å². The van der Waals surface area contributed by atoms with Gasteiger partial charge in [0.05, 0.1) is 11.4 Å². The Labute approximate surface area is 155 Å². The van der Waals surface area contributed by atoms with Gasteiger partial charge in [0.1, 0.15) is 0 Å². The molecule has 1 amide bonds. The zero-order valence-electron chi connectivity index (χ0n) is 13.3. The Hall–Kier alpha value is -0.970. The van der Waals surface area contributed by atoms with E-state index in [1.807, 2.05) is 36.4 Å². The second kappa shape index (κ2) is 7.73. The summed E-state index contributed by atoms with van der Waals surface area (Å²) < 4.78 is 0.898. The van der Waals surface area contributed by atoms with Crippen LogP contribution < -0.4 is 5.32 Å². The summed E-state index contributed by atoms with van der Waals surface area (Å²) in [5.74, 6) is 0.323. The molecule has 0 spiro atoms. The quantitative estimate of drug-likeness (QED) is 0.612. The summed E-state index contributed by atoms with van der Waals surface area (Å²) in [5.41, 5.74) is 2.09. The van der Waals surface area contributed by atoms with Gasteiger partial charge in [0.25, 0.3) is 0 Å². The second-order valence-corrected chi connectivity index (χ2v) is 8.57. The lowest BCUT2D eigenvalue weighted by atomic mass is 9.87. The molecule has 0 atom stereocenters. The van der Waals surface area contributed by atoms with Crippen molar-refractivity contribution in [3.05, 3.63) is 57.5 Å². The number of amides is 1. The van der Waals surface area contributed by atoms with Gasteiger partial charge in [-0.05, 0) is 63.3 Å². The SMILES string of the molecule is CC(C)(C)c1ccc(NC(=O)CSc2ccc(Cl)cc2)c(Br)c1. The highest BCUT2D eigenvalue weighted by Crippen LogP contribution is 2.30. The van der Waals surface area contributed by atoms with Gasteiger partial charge in [0, 0.05) is 14.4 Å². The van der Waals surface area contributed by atoms with E-state index in [2.05, 4.69) is 48.1 Å². The van der Waals surface area contributed by atoms with Gasteiger partial charge in [0.2, 0.25) is 5.91 Å². The van der Waals surface area contributed by atoms with Crippen LogP contribution in [0.3, 0.4) is 0 Å². The Bertz CT molecular complexity index is 695. The maximum absolute atomic E-state index is 12.1. The first kappa shape index (κ1) is 18.4. The molecule has 2 rings (SSSR count). The van der Waals surface area contributed by atoms with Gasteiger partial charge in [0.15, 0.2) is 0 Å². The molecule has 2 nitrogen and oxygen atoms in total. The summed E-state index contributed by atoms with van der Waals surface area (Å²) in [6.45, 7) is 6.49. The standard InChI is InChI=1S/C18H19BrClNOS/c1-18(2,3)12-4-9-16(15(19)10-12)21-17(22)11-23-14-7-5-13(20)6-8-14/h4-10H,11H2,1-3H3,(H,21,22). The summed E-state index contributed by atoms with van der Waals surface area (Å²) in [7, 11) is 0. The van der Waals surface area contributed by atoms with E-state index in [0.29, 0.717) is 10.8 Å². The smallest absolute Gasteiger partial charge is 0.234 e. The molecule has 0 bridgehead atoms. The van der Waals surface area contributed by atoms with Crippen molar-refractivity contribution in [2.24, 2.45) is 0 Å². The highest BCUT2D eigenvalue weighted by molar-refractivity contribution is 9.10. The molecule has 0 saturated heterocycles. The molecule has 0 heterocycles. The molecule has 2 aromatic carbocycles. The van der Waals surface area contributed by atoms with Crippen molar-refractivity contribution in [3.63, 3.8) is 0 Å². The molecule has 0 aliphatic carbocycles. The van der Waals surface area contributed by atoms with E-state index in [0.717, 1.165) is 15.1 Å². The normalized spacial score (nSPS) is 11.3. The van der Waals surface area contributed by atoms with Crippen LogP contribution in [-0.2, 0) is 10.2 Å². The number of hydrogen-bond acceptors (Lipinski definition) is 2. The van der Waals surface area contributed by atoms with E-state index >= 15 is 0 Å². The Morgan fingerprint density at radius 1 is 1.17 bits per heavy atom. The van der Waals surface area contributed by atoms with Crippen LogP contribution in [0.5, 0.6) is 0 Å². The van der Waals surface area contributed by atoms with E-state index in [-0.39, 0.29) is 11.3 Å². The molecule has 0 aliphatic heterocycles. The van der Waals surface area contributed by atoms with Crippen molar-refractivity contribution in [2.45, 2.75) is 31.1 Å². The lowest BCUT2D eigenvalue weighted by Crippen LogP contribution is -2.15. The number of carbonyl (C=O) groups is 1. The third-order valence-electron chi connectivity index (χ3n) is 3.29. The van der Waals surface area contributed by atoms with Crippen LogP contribution in [0.25, 0.3) is 0 Å². The Morgan fingerprint density at radius 2 is 1.83 bits per heavy atom. The second-order valence-electron chi connectivity index (χ2n) is 6.24. The van der Waals surface area contributed by atoms with Gasteiger partial charge in [-0.15, -0.1) is 11.8 Å². The van der Waals surface area contributed by atoms with Gasteiger partial charge in [-0.25, -0.2) is 0 Å². The van der Waals surface area contributed by atoms with E-state index in [1.165, 1.54) is 17.3 Å². The lowest BCUT2D eigenvalue weighted by molar-refractivity contribution is -0.113. The molecule has 0 radical (unpaired) electrons. The largest absolute Gasteiger partial charge is 0.324 e. The topological polar surface area (TPSA) is 29.1 Å². The Kier molecular flexibility index (Phi) is 6.18. The number of rotatable bonds is 4. The van der Waals surface area contributed by atoms with Crippen molar-refractivity contribution in [2.75, 3.05) is 11.1 Å². The molecule has 23 heavy (non-hydrogen) atoms. The summed E-state index contributed by atoms with van der Waals surface area (Å²) in [4.78, 5) is 13.1. The van der Waals surface area contributed by atoms with Crippen molar-refractivity contribution in [1.29, 1.82) is 0 Å². The van der Waals surface area contributed by atoms with Gasteiger partial charge >= 0.3 is 0 Å². The van der Waals surface area contributed by atoms with Crippen LogP contribution in [0.1, 0.15) is 26.3 Å². The maximum Gasteiger partial charge on any atom is 0.234 e. The molecular formula is C18H19BrClNOS. The highest BCUT2D eigenvalue weighted by atomic mass is 79.9. The van der Waals surface area contributed by atoms with Crippen LogP contribution in [0.2, 0.25) is 5.02 Å². The molecule has 122 valence electrons. The molecule has 5 heteroatoms. The molecule has 2 aromatic rings. The molecule has 0 fully saturated rings. The first-order valence-corrected chi connectivity index (χ1v) is 9.39. The average Bonchev–Trinajstić information content (AvgIpc) is 2.48. The van der Waals surface area contributed by atoms with Crippen molar-refractivity contribution in [1.82, 2.24) is 0 Å². The number of nitrogens with one attached hydrogen (secondary N) is 1. The fraction of sp³-hybridized carbons (Fsp3) is 0.278. The molecule has 0 aromatic heterocycles. The highest BCUT2D eigenvalue weighted by Gasteiger charge is 2.15. The Balaban J connectivity index is 1.96. The van der Waals surface area contributed by atoms with Crippen molar-refractivity contribution in [3.8, 4) is 0 Å². The first-order valence-electron chi connectivity index (χ1n) is 7.24. The monoisotopic (exact) mass is 411 g/mol. The molecule has 0 saturated carbocycles. The third-order valence-corrected chi connectivity index (χ3v) is 5.21. The minimum Gasteiger partial charge on any atom is -0.324 e. The minimum atomic E-state index is -0.0332. The number of halogens is 2. The number of hydrogen-bond donors (Lipinski definition) is 1. The fourth-order valence-corrected chi connectivity index (χ4v) is 3.25. The van der Waals surface area contributed by atoms with Crippen molar-refractivity contribution < 1.29 is 4.79 Å². The third kappa shape index (κ3) is 5.55. The van der Waals surface area contributed by atoms with Crippen LogP contribution in [0, 0.1) is 0 Å². The minimum absolute atomic E-state index is 0.0332. The van der Waals surface area contributed by atoms with Gasteiger partial charge in [-0.1, -0.05) is 38.4 Å². The average molecular weight is 413 g/mol. The number of thioether (sulfide) groups is 1. The summed E-state index contributed by atoms with van der Waals surface area (Å²) in [6, 6.07) is 13.5. The van der Waals surface area contributed by atoms with E-state index < -0.39 is 0 Å². The van der Waals surface area contributed by atoms with Gasteiger partial charge in [-0.3, -0.25) is 4.79 Å². The number of anilines is 1. The van der Waals surface area contributed by atoms with Crippen molar-refractivity contribution >= 4 is 50.9 Å². The molecule has 0 aliphatic rings. The Morgan fingerprint density at radius 3 is 2.39 bits per heavy atom. The molecular weight excluding hydrogens is 394 g/mol. The lowest BCUT2D eigenvalue weighted by Gasteiger charge is -2.20. The predicted molar refractivity (Wildman–Crippen MR) is 104 cm³/mol. The summed E-state index contributed by atoms with van der Waals surface area (Å²) >= 11 is 10.9. The summed E-state index contributed by atoms with van der Waals surface area (Å²) in [6.07, 6.45) is 0. The van der Waals surface area contributed by atoms with Crippen LogP contribution in [0.4, 0.5) is 5.69 Å². The fourth-order valence-electron chi connectivity index (χ4n) is 1.95. The molecule has 1 N–H and O–H groups in total. The zero-order chi connectivity index (χ0) is 17.0. The zero-order valence-corrected chi connectivity index (χ0v) is 16.5. The van der Waals surface area contributed by atoms with Crippen LogP contribution >= 0.6 is 39.3 Å². The predicted octanol–water partition coefficient (Wildman–Crippen LogP) is 6.13. The number of benzene rings is 2. The van der Waals surface area contributed by atoms with E-state index in [1.54, 1.807) is 0 Å².